The first kappa shape index (κ1) is 5.70. The van der Waals surface area contributed by atoms with Crippen molar-refractivity contribution in [2.75, 3.05) is 0 Å². The summed E-state index contributed by atoms with van der Waals surface area (Å²) < 4.78 is 0.660. The number of alkyl halides is 1. The van der Waals surface area contributed by atoms with Gasteiger partial charge in [-0.3, -0.25) is 0 Å². The molecule has 1 aliphatic heterocycles. The zero-order chi connectivity index (χ0) is 5.28. The highest BCUT2D eigenvalue weighted by molar-refractivity contribution is 9.11. The molecule has 0 amide bonds. The Bertz CT molecular complexity index is 98.3. The molecule has 1 unspecified atom stereocenters. The standard InChI is InChI=1S/C5H7BrS/c1-4-2-3-5(6)7-4/h2,5H,3H2,1H3. The molecule has 1 heterocycles. The molecule has 0 bridgehead atoms. The minimum Gasteiger partial charge on any atom is -0.116 e. The summed E-state index contributed by atoms with van der Waals surface area (Å²) in [7, 11) is 0. The SMILES string of the molecule is CC1=CCC(Br)S1. The third-order valence-electron chi connectivity index (χ3n) is 0.904. The zero-order valence-corrected chi connectivity index (χ0v) is 6.55. The van der Waals surface area contributed by atoms with Crippen LogP contribution in [0.4, 0.5) is 0 Å². The smallest absolute Gasteiger partial charge is 0.0678 e. The Kier molecular flexibility index (Phi) is 1.81. The van der Waals surface area contributed by atoms with Gasteiger partial charge in [-0.15, -0.1) is 11.8 Å². The quantitative estimate of drug-likeness (QED) is 0.515. The molecule has 7 heavy (non-hydrogen) atoms. The van der Waals surface area contributed by atoms with Gasteiger partial charge in [0.1, 0.15) is 0 Å². The largest absolute Gasteiger partial charge is 0.116 e. The maximum absolute atomic E-state index is 3.49. The molecule has 0 spiro atoms. The summed E-state index contributed by atoms with van der Waals surface area (Å²) in [6.45, 7) is 2.14. The number of thioether (sulfide) groups is 1. The van der Waals surface area contributed by atoms with Crippen LogP contribution < -0.4 is 0 Å². The molecule has 1 aliphatic rings. The molecule has 0 nitrogen and oxygen atoms in total. The fraction of sp³-hybridized carbons (Fsp3) is 0.600. The van der Waals surface area contributed by atoms with E-state index in [1.807, 2.05) is 11.8 Å². The summed E-state index contributed by atoms with van der Waals surface area (Å²) >= 11 is 5.39. The number of halogens is 1. The molecule has 0 aliphatic carbocycles. The van der Waals surface area contributed by atoms with Gasteiger partial charge in [0.2, 0.25) is 0 Å². The van der Waals surface area contributed by atoms with Crippen LogP contribution in [0.25, 0.3) is 0 Å². The molecule has 0 saturated carbocycles. The fourth-order valence-corrected chi connectivity index (χ4v) is 2.42. The van der Waals surface area contributed by atoms with Gasteiger partial charge in [-0.2, -0.15) is 0 Å². The van der Waals surface area contributed by atoms with Crippen molar-refractivity contribution in [2.24, 2.45) is 0 Å². The first-order valence-corrected chi connectivity index (χ1v) is 4.06. The van der Waals surface area contributed by atoms with E-state index in [1.165, 1.54) is 11.3 Å². The van der Waals surface area contributed by atoms with E-state index in [1.54, 1.807) is 0 Å². The van der Waals surface area contributed by atoms with E-state index in [0.717, 1.165) is 0 Å². The van der Waals surface area contributed by atoms with Gasteiger partial charge in [-0.1, -0.05) is 22.0 Å². The van der Waals surface area contributed by atoms with Crippen LogP contribution in [0.15, 0.2) is 11.0 Å². The van der Waals surface area contributed by atoms with E-state index < -0.39 is 0 Å². The third kappa shape index (κ3) is 1.50. The van der Waals surface area contributed by atoms with Gasteiger partial charge in [-0.25, -0.2) is 0 Å². The van der Waals surface area contributed by atoms with Crippen LogP contribution in [0, 0.1) is 0 Å². The Morgan fingerprint density at radius 2 is 2.71 bits per heavy atom. The molecular weight excluding hydrogens is 172 g/mol. The van der Waals surface area contributed by atoms with Gasteiger partial charge in [0.15, 0.2) is 0 Å². The second-order valence-corrected chi connectivity index (χ2v) is 4.74. The Labute approximate surface area is 56.5 Å². The van der Waals surface area contributed by atoms with Crippen molar-refractivity contribution in [2.45, 2.75) is 17.5 Å². The van der Waals surface area contributed by atoms with E-state index in [9.17, 15) is 0 Å². The van der Waals surface area contributed by atoms with Gasteiger partial charge in [0.25, 0.3) is 0 Å². The molecule has 40 valence electrons. The second kappa shape index (κ2) is 2.23. The summed E-state index contributed by atoms with van der Waals surface area (Å²) in [5, 5.41) is 0. The molecule has 0 aromatic carbocycles. The average molecular weight is 179 g/mol. The van der Waals surface area contributed by atoms with Crippen molar-refractivity contribution in [3.05, 3.63) is 11.0 Å². The van der Waals surface area contributed by atoms with Gasteiger partial charge in [-0.05, 0) is 18.2 Å². The maximum atomic E-state index is 3.49. The fourth-order valence-electron chi connectivity index (χ4n) is 0.557. The van der Waals surface area contributed by atoms with E-state index in [0.29, 0.717) is 4.16 Å². The van der Waals surface area contributed by atoms with E-state index in [2.05, 4.69) is 28.9 Å². The number of hydrogen-bond acceptors (Lipinski definition) is 1. The Balaban J connectivity index is 2.42. The lowest BCUT2D eigenvalue weighted by Crippen LogP contribution is -1.76. The van der Waals surface area contributed by atoms with Gasteiger partial charge in [0.05, 0.1) is 4.16 Å². The van der Waals surface area contributed by atoms with Crippen molar-refractivity contribution >= 4 is 27.7 Å². The van der Waals surface area contributed by atoms with Crippen LogP contribution in [0.2, 0.25) is 0 Å². The lowest BCUT2D eigenvalue weighted by molar-refractivity contribution is 1.22. The molecule has 0 saturated heterocycles. The van der Waals surface area contributed by atoms with Crippen molar-refractivity contribution < 1.29 is 0 Å². The number of hydrogen-bond donors (Lipinski definition) is 0. The molecule has 1 atom stereocenters. The van der Waals surface area contributed by atoms with Crippen LogP contribution in [0.3, 0.4) is 0 Å². The molecule has 0 fully saturated rings. The molecule has 0 radical (unpaired) electrons. The van der Waals surface area contributed by atoms with Gasteiger partial charge >= 0.3 is 0 Å². The number of allylic oxidation sites excluding steroid dienone is 2. The van der Waals surface area contributed by atoms with E-state index in [-0.39, 0.29) is 0 Å². The molecule has 1 rings (SSSR count). The van der Waals surface area contributed by atoms with Crippen LogP contribution in [0.5, 0.6) is 0 Å². The lowest BCUT2D eigenvalue weighted by atomic mass is 10.4. The summed E-state index contributed by atoms with van der Waals surface area (Å²) in [6, 6.07) is 0. The van der Waals surface area contributed by atoms with Crippen LogP contribution >= 0.6 is 27.7 Å². The summed E-state index contributed by atoms with van der Waals surface area (Å²) in [6.07, 6.45) is 3.45. The monoisotopic (exact) mass is 178 g/mol. The predicted octanol–water partition coefficient (Wildman–Crippen LogP) is 2.75. The van der Waals surface area contributed by atoms with Crippen molar-refractivity contribution in [3.63, 3.8) is 0 Å². The van der Waals surface area contributed by atoms with Crippen molar-refractivity contribution in [3.8, 4) is 0 Å². The second-order valence-electron chi connectivity index (χ2n) is 1.58. The summed E-state index contributed by atoms with van der Waals surface area (Å²) in [5.74, 6) is 0. The minimum atomic E-state index is 0.660. The van der Waals surface area contributed by atoms with Gasteiger partial charge < -0.3 is 0 Å². The maximum Gasteiger partial charge on any atom is 0.0678 e. The van der Waals surface area contributed by atoms with E-state index in [4.69, 9.17) is 0 Å². The third-order valence-corrected chi connectivity index (χ3v) is 2.83. The number of rotatable bonds is 0. The highest BCUT2D eigenvalue weighted by Crippen LogP contribution is 2.34. The van der Waals surface area contributed by atoms with Crippen LogP contribution in [0.1, 0.15) is 13.3 Å². The highest BCUT2D eigenvalue weighted by atomic mass is 79.9. The normalized spacial score (nSPS) is 30.6. The molecule has 0 N–H and O–H groups in total. The van der Waals surface area contributed by atoms with Crippen molar-refractivity contribution in [1.29, 1.82) is 0 Å². The topological polar surface area (TPSA) is 0 Å². The highest BCUT2D eigenvalue weighted by Gasteiger charge is 2.09. The van der Waals surface area contributed by atoms with Gasteiger partial charge in [0, 0.05) is 0 Å². The van der Waals surface area contributed by atoms with Crippen molar-refractivity contribution in [1.82, 2.24) is 0 Å². The Morgan fingerprint density at radius 1 is 2.00 bits per heavy atom. The molecule has 0 aromatic rings. The minimum absolute atomic E-state index is 0.660. The lowest BCUT2D eigenvalue weighted by Gasteiger charge is -1.92. The molecule has 0 aromatic heterocycles. The summed E-state index contributed by atoms with van der Waals surface area (Å²) in [5.41, 5.74) is 0. The zero-order valence-electron chi connectivity index (χ0n) is 4.15. The summed E-state index contributed by atoms with van der Waals surface area (Å²) in [4.78, 5) is 1.45. The van der Waals surface area contributed by atoms with Crippen LogP contribution in [-0.2, 0) is 0 Å². The first-order valence-electron chi connectivity index (χ1n) is 2.26. The predicted molar refractivity (Wildman–Crippen MR) is 38.7 cm³/mol. The molecular formula is C5H7BrS. The first-order chi connectivity index (χ1) is 3.29. The van der Waals surface area contributed by atoms with E-state index >= 15 is 0 Å². The average Bonchev–Trinajstić information content (AvgIpc) is 1.87. The molecule has 2 heteroatoms. The Morgan fingerprint density at radius 3 is 2.86 bits per heavy atom. The van der Waals surface area contributed by atoms with Crippen LogP contribution in [-0.4, -0.2) is 4.16 Å². The Hall–Kier alpha value is 0.570.